The molecule has 0 amide bonds. The van der Waals surface area contributed by atoms with Crippen molar-refractivity contribution >= 4 is 8.32 Å². The molecule has 0 saturated carbocycles. The van der Waals surface area contributed by atoms with Gasteiger partial charge in [-0.2, -0.15) is 0 Å². The Morgan fingerprint density at radius 2 is 1.83 bits per heavy atom. The van der Waals surface area contributed by atoms with Crippen LogP contribution in [0.4, 0.5) is 0 Å². The zero-order chi connectivity index (χ0) is 18.5. The molecule has 1 aliphatic heterocycles. The van der Waals surface area contributed by atoms with Gasteiger partial charge in [0.15, 0.2) is 8.32 Å². The molecule has 1 saturated heterocycles. The molecule has 1 fully saturated rings. The van der Waals surface area contributed by atoms with Crippen LogP contribution in [0.2, 0.25) is 18.1 Å². The van der Waals surface area contributed by atoms with Crippen molar-refractivity contribution < 1.29 is 23.4 Å². The van der Waals surface area contributed by atoms with Crippen molar-refractivity contribution in [3.63, 3.8) is 0 Å². The smallest absolute Gasteiger partial charge is 0.207 e. The van der Waals surface area contributed by atoms with Crippen LogP contribution in [0.1, 0.15) is 34.1 Å². The molecule has 0 bridgehead atoms. The molecule has 1 rings (SSSR count). The highest BCUT2D eigenvalue weighted by Crippen LogP contribution is 2.41. The van der Waals surface area contributed by atoms with E-state index in [1.807, 2.05) is 0 Å². The average Bonchev–Trinajstić information content (AvgIpc) is 2.47. The Balaban J connectivity index is 3.11. The summed E-state index contributed by atoms with van der Waals surface area (Å²) in [5, 5.41) is 0.0995. The van der Waals surface area contributed by atoms with Crippen molar-refractivity contribution in [1.29, 1.82) is 0 Å². The molecule has 6 heteroatoms. The van der Waals surface area contributed by atoms with Gasteiger partial charge in [0.05, 0.1) is 25.2 Å². The molecule has 24 heavy (non-hydrogen) atoms. The number of rotatable bonds is 8. The second-order valence-corrected chi connectivity index (χ2v) is 12.7. The molecule has 0 aromatic carbocycles. The summed E-state index contributed by atoms with van der Waals surface area (Å²) in [6, 6.07) is 0. The van der Waals surface area contributed by atoms with Crippen molar-refractivity contribution in [2.24, 2.45) is 5.92 Å². The van der Waals surface area contributed by atoms with Gasteiger partial charge in [-0.1, -0.05) is 34.3 Å². The Hall–Kier alpha value is -0.403. The molecule has 0 aromatic heterocycles. The minimum absolute atomic E-state index is 0.0638. The molecule has 1 aliphatic rings. The third-order valence-electron chi connectivity index (χ3n) is 4.99. The molecule has 5 nitrogen and oxygen atoms in total. The number of hydrogen-bond acceptors (Lipinski definition) is 5. The first-order valence-corrected chi connectivity index (χ1v) is 11.7. The van der Waals surface area contributed by atoms with E-state index < -0.39 is 14.6 Å². The van der Waals surface area contributed by atoms with Crippen LogP contribution in [0.5, 0.6) is 0 Å². The summed E-state index contributed by atoms with van der Waals surface area (Å²) in [6.07, 6.45) is -0.00805. The summed E-state index contributed by atoms with van der Waals surface area (Å²) in [7, 11) is 1.35. The van der Waals surface area contributed by atoms with Crippen LogP contribution < -0.4 is 0 Å². The SMILES string of the molecule is C=C1OC(OCCC)C(COC)C(O[Si](C)(C)C(C)(C)C)C1OC. The molecule has 0 radical (unpaired) electrons. The zero-order valence-corrected chi connectivity index (χ0v) is 17.7. The summed E-state index contributed by atoms with van der Waals surface area (Å²) >= 11 is 0. The lowest BCUT2D eigenvalue weighted by Crippen LogP contribution is -2.57. The standard InChI is InChI=1S/C18H36O5Si/c1-10-11-21-17-14(12-19-6)16(15(20-7)13(2)22-17)23-24(8,9)18(3,4)5/h14-17H,2,10-12H2,1,3-9H3. The van der Waals surface area contributed by atoms with Crippen LogP contribution >= 0.6 is 0 Å². The lowest BCUT2D eigenvalue weighted by molar-refractivity contribution is -0.230. The van der Waals surface area contributed by atoms with Gasteiger partial charge in [0.1, 0.15) is 11.9 Å². The van der Waals surface area contributed by atoms with E-state index in [9.17, 15) is 0 Å². The Morgan fingerprint density at radius 3 is 2.29 bits per heavy atom. The molecule has 0 spiro atoms. The predicted molar refractivity (Wildman–Crippen MR) is 98.5 cm³/mol. The molecular weight excluding hydrogens is 324 g/mol. The van der Waals surface area contributed by atoms with Gasteiger partial charge in [-0.05, 0) is 24.6 Å². The minimum atomic E-state index is -2.00. The van der Waals surface area contributed by atoms with E-state index in [2.05, 4.69) is 47.4 Å². The zero-order valence-electron chi connectivity index (χ0n) is 16.7. The molecule has 0 N–H and O–H groups in total. The molecule has 1 heterocycles. The first-order chi connectivity index (χ1) is 11.1. The Bertz CT molecular complexity index is 405. The average molecular weight is 361 g/mol. The maximum atomic E-state index is 6.71. The fourth-order valence-corrected chi connectivity index (χ4v) is 3.89. The quantitative estimate of drug-likeness (QED) is 0.613. The van der Waals surface area contributed by atoms with Gasteiger partial charge in [-0.15, -0.1) is 0 Å². The van der Waals surface area contributed by atoms with Crippen LogP contribution in [-0.2, 0) is 23.4 Å². The summed E-state index contributed by atoms with van der Waals surface area (Å²) in [5.41, 5.74) is 0. The maximum absolute atomic E-state index is 6.71. The molecular formula is C18H36O5Si. The van der Waals surface area contributed by atoms with Crippen LogP contribution in [0.3, 0.4) is 0 Å². The first-order valence-electron chi connectivity index (χ1n) is 8.75. The third kappa shape index (κ3) is 5.05. The third-order valence-corrected chi connectivity index (χ3v) is 9.46. The Kier molecular flexibility index (Phi) is 7.94. The first kappa shape index (κ1) is 21.6. The Labute approximate surface area is 148 Å². The number of methoxy groups -OCH3 is 2. The monoisotopic (exact) mass is 360 g/mol. The second-order valence-electron chi connectivity index (χ2n) is 7.94. The van der Waals surface area contributed by atoms with E-state index in [0.717, 1.165) is 6.42 Å². The summed E-state index contributed by atoms with van der Waals surface area (Å²) in [4.78, 5) is 0. The second kappa shape index (κ2) is 8.81. The van der Waals surface area contributed by atoms with Crippen molar-refractivity contribution in [3.05, 3.63) is 12.3 Å². The largest absolute Gasteiger partial charge is 0.467 e. The van der Waals surface area contributed by atoms with Gasteiger partial charge in [-0.3, -0.25) is 0 Å². The highest BCUT2D eigenvalue weighted by atomic mass is 28.4. The van der Waals surface area contributed by atoms with Crippen molar-refractivity contribution in [2.45, 2.75) is 70.7 Å². The normalized spacial score (nSPS) is 28.8. The van der Waals surface area contributed by atoms with E-state index in [4.69, 9.17) is 23.4 Å². The molecule has 0 aliphatic carbocycles. The van der Waals surface area contributed by atoms with E-state index in [-0.39, 0.29) is 23.2 Å². The van der Waals surface area contributed by atoms with Gasteiger partial charge in [-0.25, -0.2) is 0 Å². The lowest BCUT2D eigenvalue weighted by Gasteiger charge is -2.47. The summed E-state index contributed by atoms with van der Waals surface area (Å²) in [6.45, 7) is 18.4. The molecule has 4 atom stereocenters. The minimum Gasteiger partial charge on any atom is -0.467 e. The van der Waals surface area contributed by atoms with Gasteiger partial charge in [0.2, 0.25) is 6.29 Å². The maximum Gasteiger partial charge on any atom is 0.207 e. The van der Waals surface area contributed by atoms with Gasteiger partial charge in [0.25, 0.3) is 0 Å². The fraction of sp³-hybridized carbons (Fsp3) is 0.889. The van der Waals surface area contributed by atoms with Crippen LogP contribution in [0.25, 0.3) is 0 Å². The van der Waals surface area contributed by atoms with E-state index in [1.54, 1.807) is 14.2 Å². The lowest BCUT2D eigenvalue weighted by atomic mass is 9.94. The van der Waals surface area contributed by atoms with E-state index >= 15 is 0 Å². The topological polar surface area (TPSA) is 46.2 Å². The van der Waals surface area contributed by atoms with Gasteiger partial charge in [0, 0.05) is 14.2 Å². The molecule has 4 unspecified atom stereocenters. The van der Waals surface area contributed by atoms with Crippen molar-refractivity contribution in [1.82, 2.24) is 0 Å². The molecule has 0 aromatic rings. The van der Waals surface area contributed by atoms with Crippen LogP contribution in [-0.4, -0.2) is 54.2 Å². The highest BCUT2D eigenvalue weighted by molar-refractivity contribution is 6.74. The number of ether oxygens (including phenoxy) is 4. The van der Waals surface area contributed by atoms with Crippen LogP contribution in [0.15, 0.2) is 12.3 Å². The summed E-state index contributed by atoms with van der Waals surface area (Å²) < 4.78 is 29.6. The predicted octanol–water partition coefficient (Wildman–Crippen LogP) is 3.95. The van der Waals surface area contributed by atoms with Crippen molar-refractivity contribution in [3.8, 4) is 0 Å². The fourth-order valence-electron chi connectivity index (χ4n) is 2.56. The van der Waals surface area contributed by atoms with E-state index in [0.29, 0.717) is 19.0 Å². The van der Waals surface area contributed by atoms with Gasteiger partial charge >= 0.3 is 0 Å². The highest BCUT2D eigenvalue weighted by Gasteiger charge is 2.49. The van der Waals surface area contributed by atoms with Crippen LogP contribution in [0, 0.1) is 5.92 Å². The van der Waals surface area contributed by atoms with Gasteiger partial charge < -0.3 is 23.4 Å². The van der Waals surface area contributed by atoms with E-state index in [1.165, 1.54) is 0 Å². The molecule has 142 valence electrons. The summed E-state index contributed by atoms with van der Waals surface area (Å²) in [5.74, 6) is 0.501. The Morgan fingerprint density at radius 1 is 1.21 bits per heavy atom. The van der Waals surface area contributed by atoms with Crippen molar-refractivity contribution in [2.75, 3.05) is 27.4 Å². The number of hydrogen-bond donors (Lipinski definition) is 0.